The highest BCUT2D eigenvalue weighted by Crippen LogP contribution is 2.38. The van der Waals surface area contributed by atoms with E-state index in [4.69, 9.17) is 10.4 Å². The molecule has 1 aliphatic carbocycles. The Labute approximate surface area is 107 Å². The lowest BCUT2D eigenvalue weighted by Crippen LogP contribution is -2.37. The minimum atomic E-state index is -0.889. The molecule has 5 nitrogen and oxygen atoms in total. The maximum absolute atomic E-state index is 12.0. The van der Waals surface area contributed by atoms with Crippen LogP contribution in [0.3, 0.4) is 0 Å². The Hall–Kier alpha value is -1.57. The largest absolute Gasteiger partial charge is 0.481 e. The van der Waals surface area contributed by atoms with Gasteiger partial charge < -0.3 is 10.4 Å². The van der Waals surface area contributed by atoms with E-state index in [0.29, 0.717) is 18.8 Å². The summed E-state index contributed by atoms with van der Waals surface area (Å²) in [4.78, 5) is 23.1. The molecule has 0 spiro atoms. The molecule has 0 aromatic carbocycles. The third kappa shape index (κ3) is 3.46. The van der Waals surface area contributed by atoms with Crippen LogP contribution in [-0.4, -0.2) is 23.5 Å². The number of aliphatic carboxylic acids is 1. The van der Waals surface area contributed by atoms with Crippen molar-refractivity contribution in [3.63, 3.8) is 0 Å². The van der Waals surface area contributed by atoms with E-state index >= 15 is 0 Å². The van der Waals surface area contributed by atoms with E-state index in [0.717, 1.165) is 6.42 Å². The molecule has 1 aliphatic rings. The van der Waals surface area contributed by atoms with Crippen molar-refractivity contribution in [3.8, 4) is 6.07 Å². The first-order chi connectivity index (χ1) is 8.49. The van der Waals surface area contributed by atoms with Crippen molar-refractivity contribution < 1.29 is 14.7 Å². The molecule has 1 rings (SSSR count). The molecule has 5 heteroatoms. The zero-order valence-electron chi connectivity index (χ0n) is 10.8. The SMILES string of the molecule is CCC1C[C@H](C(=O)NCC(C)C#N)[C@H](C(=O)O)C1. The molecule has 4 atom stereocenters. The minimum Gasteiger partial charge on any atom is -0.481 e. The van der Waals surface area contributed by atoms with Gasteiger partial charge in [0, 0.05) is 6.54 Å². The molecule has 0 aromatic rings. The minimum absolute atomic E-state index is 0.222. The summed E-state index contributed by atoms with van der Waals surface area (Å²) in [5.41, 5.74) is 0. The number of carboxylic acid groups (broad SMARTS) is 1. The first kappa shape index (κ1) is 14.5. The van der Waals surface area contributed by atoms with E-state index in [1.165, 1.54) is 0 Å². The summed E-state index contributed by atoms with van der Waals surface area (Å²) >= 11 is 0. The maximum atomic E-state index is 12.0. The Morgan fingerprint density at radius 3 is 2.56 bits per heavy atom. The molecular weight excluding hydrogens is 232 g/mol. The predicted octanol–water partition coefficient (Wildman–Crippen LogP) is 1.40. The first-order valence-corrected chi connectivity index (χ1v) is 6.39. The van der Waals surface area contributed by atoms with Crippen LogP contribution < -0.4 is 5.32 Å². The van der Waals surface area contributed by atoms with Crippen molar-refractivity contribution in [1.29, 1.82) is 5.26 Å². The summed E-state index contributed by atoms with van der Waals surface area (Å²) in [5.74, 6) is -2.07. The van der Waals surface area contributed by atoms with Gasteiger partial charge in [-0.3, -0.25) is 9.59 Å². The molecule has 1 amide bonds. The Morgan fingerprint density at radius 2 is 2.06 bits per heavy atom. The maximum Gasteiger partial charge on any atom is 0.307 e. The molecule has 2 unspecified atom stereocenters. The average molecular weight is 252 g/mol. The van der Waals surface area contributed by atoms with Crippen LogP contribution in [0.25, 0.3) is 0 Å². The Kier molecular flexibility index (Phi) is 5.14. The van der Waals surface area contributed by atoms with Crippen molar-refractivity contribution >= 4 is 11.9 Å². The summed E-state index contributed by atoms with van der Waals surface area (Å²) < 4.78 is 0. The van der Waals surface area contributed by atoms with Crippen molar-refractivity contribution in [2.75, 3.05) is 6.54 Å². The van der Waals surface area contributed by atoms with Crippen LogP contribution >= 0.6 is 0 Å². The number of rotatable bonds is 5. The van der Waals surface area contributed by atoms with Gasteiger partial charge in [0.25, 0.3) is 0 Å². The Bertz CT molecular complexity index is 362. The fourth-order valence-corrected chi connectivity index (χ4v) is 2.47. The Morgan fingerprint density at radius 1 is 1.44 bits per heavy atom. The zero-order valence-corrected chi connectivity index (χ0v) is 10.8. The van der Waals surface area contributed by atoms with Crippen LogP contribution in [0.4, 0.5) is 0 Å². The second kappa shape index (κ2) is 6.39. The number of amides is 1. The summed E-state index contributed by atoms with van der Waals surface area (Å²) in [6, 6.07) is 2.03. The van der Waals surface area contributed by atoms with Gasteiger partial charge in [-0.05, 0) is 25.7 Å². The number of hydrogen-bond acceptors (Lipinski definition) is 3. The van der Waals surface area contributed by atoms with Crippen molar-refractivity contribution in [1.82, 2.24) is 5.32 Å². The fraction of sp³-hybridized carbons (Fsp3) is 0.769. The van der Waals surface area contributed by atoms with Gasteiger partial charge in [-0.2, -0.15) is 5.26 Å². The van der Waals surface area contributed by atoms with E-state index in [9.17, 15) is 9.59 Å². The Balaban J connectivity index is 2.60. The number of nitrogens with zero attached hydrogens (tertiary/aromatic N) is 1. The summed E-state index contributed by atoms with van der Waals surface area (Å²) in [6.07, 6.45) is 2.13. The number of nitriles is 1. The van der Waals surface area contributed by atoms with Gasteiger partial charge in [-0.15, -0.1) is 0 Å². The van der Waals surface area contributed by atoms with Gasteiger partial charge in [0.2, 0.25) is 5.91 Å². The highest BCUT2D eigenvalue weighted by Gasteiger charge is 2.41. The molecule has 0 radical (unpaired) electrons. The van der Waals surface area contributed by atoms with Gasteiger partial charge in [0.1, 0.15) is 0 Å². The highest BCUT2D eigenvalue weighted by molar-refractivity contribution is 5.85. The first-order valence-electron chi connectivity index (χ1n) is 6.39. The fourth-order valence-electron chi connectivity index (χ4n) is 2.47. The predicted molar refractivity (Wildman–Crippen MR) is 65.4 cm³/mol. The second-order valence-electron chi connectivity index (χ2n) is 5.07. The molecular formula is C13H20N2O3. The van der Waals surface area contributed by atoms with Crippen molar-refractivity contribution in [2.45, 2.75) is 33.1 Å². The number of carboxylic acids is 1. The van der Waals surface area contributed by atoms with Crippen LogP contribution in [0.15, 0.2) is 0 Å². The van der Waals surface area contributed by atoms with E-state index in [2.05, 4.69) is 5.32 Å². The molecule has 0 saturated heterocycles. The monoisotopic (exact) mass is 252 g/mol. The van der Waals surface area contributed by atoms with Crippen LogP contribution in [0.5, 0.6) is 0 Å². The van der Waals surface area contributed by atoms with Gasteiger partial charge in [-0.1, -0.05) is 13.3 Å². The topological polar surface area (TPSA) is 90.2 Å². The molecule has 0 aromatic heterocycles. The van der Waals surface area contributed by atoms with E-state index in [-0.39, 0.29) is 18.4 Å². The normalized spacial score (nSPS) is 28.4. The van der Waals surface area contributed by atoms with Gasteiger partial charge in [-0.25, -0.2) is 0 Å². The summed E-state index contributed by atoms with van der Waals surface area (Å²) in [5, 5.41) is 20.5. The lowest BCUT2D eigenvalue weighted by molar-refractivity contribution is -0.146. The van der Waals surface area contributed by atoms with E-state index < -0.39 is 17.8 Å². The highest BCUT2D eigenvalue weighted by atomic mass is 16.4. The van der Waals surface area contributed by atoms with Crippen LogP contribution in [-0.2, 0) is 9.59 Å². The van der Waals surface area contributed by atoms with Crippen molar-refractivity contribution in [3.05, 3.63) is 0 Å². The third-order valence-corrected chi connectivity index (χ3v) is 3.69. The third-order valence-electron chi connectivity index (χ3n) is 3.69. The number of nitrogens with one attached hydrogen (secondary N) is 1. The van der Waals surface area contributed by atoms with Crippen LogP contribution in [0.1, 0.15) is 33.1 Å². The molecule has 0 bridgehead atoms. The summed E-state index contributed by atoms with van der Waals surface area (Å²) in [6.45, 7) is 4.02. The molecule has 0 aliphatic heterocycles. The molecule has 1 fully saturated rings. The van der Waals surface area contributed by atoms with Crippen LogP contribution in [0.2, 0.25) is 0 Å². The lowest BCUT2D eigenvalue weighted by Gasteiger charge is -2.15. The summed E-state index contributed by atoms with van der Waals surface area (Å²) in [7, 11) is 0. The standard InChI is InChI=1S/C13H20N2O3/c1-3-9-4-10(11(5-9)13(17)18)12(16)15-7-8(2)6-14/h8-11H,3-5,7H2,1-2H3,(H,15,16)(H,17,18)/t8?,9?,10-,11+/m0/s1. The van der Waals surface area contributed by atoms with Gasteiger partial charge >= 0.3 is 5.97 Å². The lowest BCUT2D eigenvalue weighted by atomic mass is 9.95. The molecule has 1 saturated carbocycles. The molecule has 100 valence electrons. The molecule has 18 heavy (non-hydrogen) atoms. The van der Waals surface area contributed by atoms with E-state index in [1.54, 1.807) is 6.92 Å². The van der Waals surface area contributed by atoms with E-state index in [1.807, 2.05) is 13.0 Å². The van der Waals surface area contributed by atoms with Crippen molar-refractivity contribution in [2.24, 2.45) is 23.7 Å². The van der Waals surface area contributed by atoms with Crippen LogP contribution in [0, 0.1) is 35.0 Å². The number of carbonyl (C=O) groups is 2. The quantitative estimate of drug-likeness (QED) is 0.773. The number of carbonyl (C=O) groups excluding carboxylic acids is 1. The van der Waals surface area contributed by atoms with Gasteiger partial charge in [0.15, 0.2) is 0 Å². The zero-order chi connectivity index (χ0) is 13.7. The second-order valence-corrected chi connectivity index (χ2v) is 5.07. The van der Waals surface area contributed by atoms with Gasteiger partial charge in [0.05, 0.1) is 23.8 Å². The molecule has 2 N–H and O–H groups in total. The molecule has 0 heterocycles. The smallest absolute Gasteiger partial charge is 0.307 e. The average Bonchev–Trinajstić information content (AvgIpc) is 2.79. The number of hydrogen-bond donors (Lipinski definition) is 2.